The highest BCUT2D eigenvalue weighted by molar-refractivity contribution is 5.87. The summed E-state index contributed by atoms with van der Waals surface area (Å²) in [6, 6.07) is 0.741. The molecule has 1 saturated carbocycles. The molecule has 0 aliphatic heterocycles. The molecule has 0 unspecified atom stereocenters. The van der Waals surface area contributed by atoms with E-state index in [4.69, 9.17) is 0 Å². The topological polar surface area (TPSA) is 54.9 Å². The Balaban J connectivity index is 2.62. The molecule has 1 N–H and O–H groups in total. The molecule has 1 heterocycles. The Morgan fingerprint density at radius 3 is 2.63 bits per heavy atom. The van der Waals surface area contributed by atoms with Gasteiger partial charge in [0.15, 0.2) is 11.6 Å². The normalized spacial score (nSPS) is 14.8. The van der Waals surface area contributed by atoms with E-state index in [9.17, 15) is 18.4 Å². The van der Waals surface area contributed by atoms with Gasteiger partial charge in [-0.2, -0.15) is 0 Å². The first-order valence-electron chi connectivity index (χ1n) is 5.83. The summed E-state index contributed by atoms with van der Waals surface area (Å²) in [5, 5.41) is -0.0414. The molecular formula is C13H10F2N2O2. The molecule has 6 heteroatoms. The molecule has 19 heavy (non-hydrogen) atoms. The van der Waals surface area contributed by atoms with Crippen LogP contribution < -0.4 is 11.2 Å². The molecule has 0 spiro atoms. The number of nitrogens with zero attached hydrogens (tertiary/aromatic N) is 1. The van der Waals surface area contributed by atoms with Crippen molar-refractivity contribution in [3.8, 4) is 0 Å². The lowest BCUT2D eigenvalue weighted by Gasteiger charge is -2.11. The fraction of sp³-hybridized carbons (Fsp3) is 0.231. The van der Waals surface area contributed by atoms with Crippen molar-refractivity contribution in [2.24, 2.45) is 0 Å². The Morgan fingerprint density at radius 2 is 2.05 bits per heavy atom. The molecule has 1 aromatic heterocycles. The highest BCUT2D eigenvalue weighted by atomic mass is 19.2. The Bertz CT molecular complexity index is 816. The minimum atomic E-state index is -1.13. The van der Waals surface area contributed by atoms with Gasteiger partial charge in [-0.3, -0.25) is 14.3 Å². The van der Waals surface area contributed by atoms with Crippen LogP contribution in [0.4, 0.5) is 8.78 Å². The Hall–Kier alpha value is -2.24. The average Bonchev–Trinajstić information content (AvgIpc) is 3.17. The second-order valence-corrected chi connectivity index (χ2v) is 4.55. The molecule has 3 rings (SSSR count). The summed E-state index contributed by atoms with van der Waals surface area (Å²) in [5.41, 5.74) is -1.36. The van der Waals surface area contributed by atoms with Gasteiger partial charge in [0.05, 0.1) is 10.9 Å². The van der Waals surface area contributed by atoms with Gasteiger partial charge in [-0.1, -0.05) is 12.7 Å². The number of rotatable bonds is 2. The van der Waals surface area contributed by atoms with Crippen LogP contribution >= 0.6 is 0 Å². The maximum Gasteiger partial charge on any atom is 0.329 e. The lowest BCUT2D eigenvalue weighted by atomic mass is 10.1. The third-order valence-corrected chi connectivity index (χ3v) is 3.27. The van der Waals surface area contributed by atoms with Crippen LogP contribution in [0, 0.1) is 11.6 Å². The van der Waals surface area contributed by atoms with Crippen LogP contribution in [0.25, 0.3) is 17.0 Å². The third-order valence-electron chi connectivity index (χ3n) is 3.27. The summed E-state index contributed by atoms with van der Waals surface area (Å²) in [5.74, 6) is -2.23. The second kappa shape index (κ2) is 3.88. The first kappa shape index (κ1) is 11.8. The Kier molecular flexibility index (Phi) is 2.41. The van der Waals surface area contributed by atoms with Gasteiger partial charge in [-0.15, -0.1) is 0 Å². The van der Waals surface area contributed by atoms with Gasteiger partial charge >= 0.3 is 5.69 Å². The number of H-pyrrole nitrogens is 1. The molecular weight excluding hydrogens is 254 g/mol. The number of aromatic amines is 1. The number of hydrogen-bond donors (Lipinski definition) is 1. The molecule has 0 amide bonds. The van der Waals surface area contributed by atoms with Crippen molar-refractivity contribution in [3.63, 3.8) is 0 Å². The fourth-order valence-electron chi connectivity index (χ4n) is 2.26. The summed E-state index contributed by atoms with van der Waals surface area (Å²) in [6.45, 7) is 3.43. The van der Waals surface area contributed by atoms with E-state index >= 15 is 0 Å². The van der Waals surface area contributed by atoms with E-state index in [-0.39, 0.29) is 22.5 Å². The van der Waals surface area contributed by atoms with E-state index in [0.717, 1.165) is 25.0 Å². The smallest absolute Gasteiger partial charge is 0.290 e. The van der Waals surface area contributed by atoms with Crippen LogP contribution in [-0.2, 0) is 0 Å². The van der Waals surface area contributed by atoms with Crippen molar-refractivity contribution < 1.29 is 8.78 Å². The van der Waals surface area contributed by atoms with E-state index in [1.165, 1.54) is 4.57 Å². The summed E-state index contributed by atoms with van der Waals surface area (Å²) in [4.78, 5) is 25.7. The van der Waals surface area contributed by atoms with E-state index in [1.807, 2.05) is 0 Å². The number of nitrogens with one attached hydrogen (secondary N) is 1. The number of halogens is 2. The Morgan fingerprint density at radius 1 is 1.37 bits per heavy atom. The zero-order valence-corrected chi connectivity index (χ0v) is 9.87. The molecule has 98 valence electrons. The van der Waals surface area contributed by atoms with Crippen molar-refractivity contribution in [2.45, 2.75) is 18.9 Å². The standard InChI is InChI=1S/C13H10F2N2O2/c1-2-7-10(15)9(14)5-8-11(7)17(6-3-4-6)13(19)16-12(8)18/h2,5-6H,1,3-4H2,(H,16,18,19). The number of benzene rings is 1. The van der Waals surface area contributed by atoms with Crippen LogP contribution in [-0.4, -0.2) is 9.55 Å². The molecule has 1 aromatic carbocycles. The van der Waals surface area contributed by atoms with Gasteiger partial charge in [-0.05, 0) is 18.9 Å². The molecule has 4 nitrogen and oxygen atoms in total. The monoisotopic (exact) mass is 264 g/mol. The van der Waals surface area contributed by atoms with E-state index in [1.54, 1.807) is 0 Å². The second-order valence-electron chi connectivity index (χ2n) is 4.55. The van der Waals surface area contributed by atoms with Crippen LogP contribution in [0.15, 0.2) is 22.2 Å². The lowest BCUT2D eigenvalue weighted by Crippen LogP contribution is -2.30. The van der Waals surface area contributed by atoms with Gasteiger partial charge in [0, 0.05) is 11.6 Å². The quantitative estimate of drug-likeness (QED) is 0.901. The number of aromatic nitrogens is 2. The van der Waals surface area contributed by atoms with Crippen LogP contribution in [0.3, 0.4) is 0 Å². The predicted molar refractivity (Wildman–Crippen MR) is 67.1 cm³/mol. The Labute approximate surface area is 106 Å². The first-order chi connectivity index (χ1) is 9.04. The van der Waals surface area contributed by atoms with Gasteiger partial charge in [0.1, 0.15) is 0 Å². The van der Waals surface area contributed by atoms with Crippen LogP contribution in [0.2, 0.25) is 0 Å². The molecule has 2 aromatic rings. The van der Waals surface area contributed by atoms with E-state index < -0.39 is 22.9 Å². The summed E-state index contributed by atoms with van der Waals surface area (Å²) in [6.07, 6.45) is 2.67. The van der Waals surface area contributed by atoms with Gasteiger partial charge in [-0.25, -0.2) is 13.6 Å². The molecule has 0 radical (unpaired) electrons. The van der Waals surface area contributed by atoms with Crippen molar-refractivity contribution in [2.75, 3.05) is 0 Å². The first-order valence-corrected chi connectivity index (χ1v) is 5.83. The fourth-order valence-corrected chi connectivity index (χ4v) is 2.26. The molecule has 1 fully saturated rings. The maximum absolute atomic E-state index is 13.8. The average molecular weight is 264 g/mol. The third kappa shape index (κ3) is 1.63. The number of fused-ring (bicyclic) bond motifs is 1. The van der Waals surface area contributed by atoms with E-state index in [0.29, 0.717) is 0 Å². The van der Waals surface area contributed by atoms with Crippen LogP contribution in [0.5, 0.6) is 0 Å². The summed E-state index contributed by atoms with van der Waals surface area (Å²) in [7, 11) is 0. The number of hydrogen-bond acceptors (Lipinski definition) is 2. The zero-order valence-electron chi connectivity index (χ0n) is 9.87. The molecule has 1 aliphatic rings. The molecule has 0 saturated heterocycles. The zero-order chi connectivity index (χ0) is 13.7. The summed E-state index contributed by atoms with van der Waals surface area (Å²) < 4.78 is 28.6. The molecule has 0 bridgehead atoms. The summed E-state index contributed by atoms with van der Waals surface area (Å²) >= 11 is 0. The minimum absolute atomic E-state index is 0.0414. The van der Waals surface area contributed by atoms with Gasteiger partial charge in [0.2, 0.25) is 0 Å². The van der Waals surface area contributed by atoms with E-state index in [2.05, 4.69) is 11.6 Å². The highest BCUT2D eigenvalue weighted by Gasteiger charge is 2.29. The molecule has 1 aliphatic carbocycles. The van der Waals surface area contributed by atoms with Crippen molar-refractivity contribution in [1.82, 2.24) is 9.55 Å². The molecule has 0 atom stereocenters. The van der Waals surface area contributed by atoms with Gasteiger partial charge < -0.3 is 0 Å². The maximum atomic E-state index is 13.8. The van der Waals surface area contributed by atoms with Crippen molar-refractivity contribution >= 4 is 17.0 Å². The SMILES string of the molecule is C=Cc1c(F)c(F)cc2c(=O)[nH]c(=O)n(C3CC3)c12. The van der Waals surface area contributed by atoms with Gasteiger partial charge in [0.25, 0.3) is 5.56 Å². The van der Waals surface area contributed by atoms with Crippen LogP contribution in [0.1, 0.15) is 24.4 Å². The largest absolute Gasteiger partial charge is 0.329 e. The minimum Gasteiger partial charge on any atom is -0.290 e. The predicted octanol–water partition coefficient (Wildman–Crippen LogP) is 1.95. The van der Waals surface area contributed by atoms with Crippen molar-refractivity contribution in [3.05, 3.63) is 50.7 Å². The van der Waals surface area contributed by atoms with Crippen molar-refractivity contribution in [1.29, 1.82) is 0 Å². The lowest BCUT2D eigenvalue weighted by molar-refractivity contribution is 0.508. The highest BCUT2D eigenvalue weighted by Crippen LogP contribution is 2.36.